The zero-order valence-electron chi connectivity index (χ0n) is 10.2. The summed E-state index contributed by atoms with van der Waals surface area (Å²) in [5.74, 6) is 0.895. The molecule has 1 aliphatic heterocycles. The average molecular weight is 224 g/mol. The van der Waals surface area contributed by atoms with Gasteiger partial charge in [0.05, 0.1) is 6.10 Å². The molecule has 2 heteroatoms. The standard InChI is InChI=1S/C14H24O2/c15-14(12-6-2-1-3-7-12)10-9-13-8-4-5-11-16-13/h12-13H,1-11H2. The van der Waals surface area contributed by atoms with Crippen LogP contribution in [0.1, 0.15) is 64.2 Å². The molecule has 0 spiro atoms. The molecule has 0 aromatic heterocycles. The highest BCUT2D eigenvalue weighted by Crippen LogP contribution is 2.26. The maximum atomic E-state index is 12.0. The Hall–Kier alpha value is -0.370. The van der Waals surface area contributed by atoms with Gasteiger partial charge in [-0.05, 0) is 38.5 Å². The number of hydrogen-bond donors (Lipinski definition) is 0. The van der Waals surface area contributed by atoms with Gasteiger partial charge in [0.15, 0.2) is 0 Å². The number of ketones is 1. The zero-order valence-corrected chi connectivity index (χ0v) is 10.2. The van der Waals surface area contributed by atoms with Crippen LogP contribution in [-0.4, -0.2) is 18.5 Å². The number of Topliss-reactive ketones (excluding diaryl/α,β-unsaturated/α-hetero) is 1. The van der Waals surface area contributed by atoms with Crippen molar-refractivity contribution in [3.63, 3.8) is 0 Å². The van der Waals surface area contributed by atoms with Gasteiger partial charge >= 0.3 is 0 Å². The topological polar surface area (TPSA) is 26.3 Å². The second-order valence-electron chi connectivity index (χ2n) is 5.33. The van der Waals surface area contributed by atoms with E-state index in [1.807, 2.05) is 0 Å². The molecule has 2 fully saturated rings. The van der Waals surface area contributed by atoms with Crippen molar-refractivity contribution in [1.29, 1.82) is 0 Å². The molecule has 2 aliphatic rings. The molecule has 1 atom stereocenters. The van der Waals surface area contributed by atoms with Crippen molar-refractivity contribution in [2.45, 2.75) is 70.3 Å². The molecule has 1 saturated heterocycles. The van der Waals surface area contributed by atoms with Crippen LogP contribution < -0.4 is 0 Å². The van der Waals surface area contributed by atoms with Gasteiger partial charge in [0.2, 0.25) is 0 Å². The maximum Gasteiger partial charge on any atom is 0.136 e. The Labute approximate surface area is 98.7 Å². The number of carbonyl (C=O) groups is 1. The SMILES string of the molecule is O=C(CCC1CCCCO1)C1CCCCC1. The van der Waals surface area contributed by atoms with E-state index < -0.39 is 0 Å². The number of ether oxygens (including phenoxy) is 1. The van der Waals surface area contributed by atoms with Crippen LogP contribution >= 0.6 is 0 Å². The Morgan fingerprint density at radius 1 is 1.00 bits per heavy atom. The highest BCUT2D eigenvalue weighted by atomic mass is 16.5. The zero-order chi connectivity index (χ0) is 11.2. The lowest BCUT2D eigenvalue weighted by Gasteiger charge is -2.24. The van der Waals surface area contributed by atoms with E-state index in [1.165, 1.54) is 32.1 Å². The van der Waals surface area contributed by atoms with Crippen LogP contribution in [0.4, 0.5) is 0 Å². The van der Waals surface area contributed by atoms with Crippen molar-refractivity contribution in [1.82, 2.24) is 0 Å². The maximum absolute atomic E-state index is 12.0. The Morgan fingerprint density at radius 2 is 1.75 bits per heavy atom. The Kier molecular flexibility index (Phi) is 4.83. The van der Waals surface area contributed by atoms with Gasteiger partial charge in [-0.1, -0.05) is 19.3 Å². The van der Waals surface area contributed by atoms with Gasteiger partial charge in [-0.15, -0.1) is 0 Å². The van der Waals surface area contributed by atoms with Crippen molar-refractivity contribution in [3.05, 3.63) is 0 Å². The first-order valence-electron chi connectivity index (χ1n) is 7.00. The molecule has 0 N–H and O–H groups in total. The van der Waals surface area contributed by atoms with Crippen molar-refractivity contribution in [2.75, 3.05) is 6.61 Å². The monoisotopic (exact) mass is 224 g/mol. The molecule has 1 unspecified atom stereocenters. The fourth-order valence-corrected chi connectivity index (χ4v) is 2.97. The second kappa shape index (κ2) is 6.39. The smallest absolute Gasteiger partial charge is 0.136 e. The molecule has 0 radical (unpaired) electrons. The minimum absolute atomic E-state index is 0.376. The molecule has 0 amide bonds. The molecule has 2 rings (SSSR count). The van der Waals surface area contributed by atoms with Crippen molar-refractivity contribution >= 4 is 5.78 Å². The first-order chi connectivity index (χ1) is 7.86. The summed E-state index contributed by atoms with van der Waals surface area (Å²) in [6, 6.07) is 0. The molecule has 16 heavy (non-hydrogen) atoms. The van der Waals surface area contributed by atoms with Crippen molar-refractivity contribution in [3.8, 4) is 0 Å². The van der Waals surface area contributed by atoms with E-state index in [2.05, 4.69) is 0 Å². The molecule has 1 aliphatic carbocycles. The summed E-state index contributed by atoms with van der Waals surface area (Å²) in [6.07, 6.45) is 11.9. The summed E-state index contributed by atoms with van der Waals surface area (Å²) in [5, 5.41) is 0. The fourth-order valence-electron chi connectivity index (χ4n) is 2.97. The third kappa shape index (κ3) is 3.58. The third-order valence-electron chi connectivity index (χ3n) is 4.05. The number of rotatable bonds is 4. The second-order valence-corrected chi connectivity index (χ2v) is 5.33. The van der Waals surface area contributed by atoms with Crippen molar-refractivity contribution < 1.29 is 9.53 Å². The van der Waals surface area contributed by atoms with Gasteiger partial charge in [-0.25, -0.2) is 0 Å². The average Bonchev–Trinajstić information content (AvgIpc) is 2.38. The van der Waals surface area contributed by atoms with Crippen LogP contribution in [0.15, 0.2) is 0 Å². The molecular weight excluding hydrogens is 200 g/mol. The predicted octanol–water partition coefficient (Wildman–Crippen LogP) is 3.49. The number of hydrogen-bond acceptors (Lipinski definition) is 2. The van der Waals surface area contributed by atoms with Crippen LogP contribution in [-0.2, 0) is 9.53 Å². The first kappa shape index (κ1) is 12.1. The van der Waals surface area contributed by atoms with Crippen LogP contribution in [0, 0.1) is 5.92 Å². The first-order valence-corrected chi connectivity index (χ1v) is 7.00. The summed E-state index contributed by atoms with van der Waals surface area (Å²) in [7, 11) is 0. The molecule has 1 heterocycles. The Morgan fingerprint density at radius 3 is 2.44 bits per heavy atom. The van der Waals surface area contributed by atoms with Gasteiger partial charge in [0, 0.05) is 18.9 Å². The lowest BCUT2D eigenvalue weighted by molar-refractivity contribution is -0.124. The molecule has 0 bridgehead atoms. The molecule has 1 saturated carbocycles. The minimum atomic E-state index is 0.376. The van der Waals surface area contributed by atoms with Gasteiger partial charge in [0.1, 0.15) is 5.78 Å². The number of carbonyl (C=O) groups excluding carboxylic acids is 1. The van der Waals surface area contributed by atoms with Crippen LogP contribution in [0.5, 0.6) is 0 Å². The van der Waals surface area contributed by atoms with Crippen LogP contribution in [0.3, 0.4) is 0 Å². The molecule has 0 aromatic carbocycles. The summed E-state index contributed by atoms with van der Waals surface area (Å²) < 4.78 is 5.66. The van der Waals surface area contributed by atoms with Gasteiger partial charge in [-0.3, -0.25) is 4.79 Å². The van der Waals surface area contributed by atoms with E-state index in [-0.39, 0.29) is 0 Å². The minimum Gasteiger partial charge on any atom is -0.378 e. The van der Waals surface area contributed by atoms with Gasteiger partial charge in [0.25, 0.3) is 0 Å². The highest BCUT2D eigenvalue weighted by molar-refractivity contribution is 5.81. The lowest BCUT2D eigenvalue weighted by atomic mass is 9.84. The summed E-state index contributed by atoms with van der Waals surface area (Å²) in [4.78, 5) is 12.0. The molecule has 92 valence electrons. The van der Waals surface area contributed by atoms with E-state index in [9.17, 15) is 4.79 Å². The van der Waals surface area contributed by atoms with E-state index in [0.29, 0.717) is 17.8 Å². The van der Waals surface area contributed by atoms with E-state index in [0.717, 1.165) is 38.7 Å². The largest absolute Gasteiger partial charge is 0.378 e. The molecule has 2 nitrogen and oxygen atoms in total. The lowest BCUT2D eigenvalue weighted by Crippen LogP contribution is -2.23. The highest BCUT2D eigenvalue weighted by Gasteiger charge is 2.22. The van der Waals surface area contributed by atoms with E-state index in [4.69, 9.17) is 4.74 Å². The molecule has 0 aromatic rings. The summed E-state index contributed by atoms with van der Waals surface area (Å²) in [5.41, 5.74) is 0. The summed E-state index contributed by atoms with van der Waals surface area (Å²) in [6.45, 7) is 0.905. The van der Waals surface area contributed by atoms with Crippen LogP contribution in [0.2, 0.25) is 0 Å². The van der Waals surface area contributed by atoms with Crippen molar-refractivity contribution in [2.24, 2.45) is 5.92 Å². The van der Waals surface area contributed by atoms with Gasteiger partial charge in [-0.2, -0.15) is 0 Å². The molecular formula is C14H24O2. The summed E-state index contributed by atoms with van der Waals surface area (Å²) >= 11 is 0. The Balaban J connectivity index is 1.65. The Bertz CT molecular complexity index is 213. The third-order valence-corrected chi connectivity index (χ3v) is 4.05. The van der Waals surface area contributed by atoms with Crippen LogP contribution in [0.25, 0.3) is 0 Å². The van der Waals surface area contributed by atoms with E-state index in [1.54, 1.807) is 0 Å². The van der Waals surface area contributed by atoms with Gasteiger partial charge < -0.3 is 4.74 Å². The fraction of sp³-hybridized carbons (Fsp3) is 0.929. The normalized spacial score (nSPS) is 27.9. The van der Waals surface area contributed by atoms with E-state index >= 15 is 0 Å². The quantitative estimate of drug-likeness (QED) is 0.730. The predicted molar refractivity (Wildman–Crippen MR) is 64.4 cm³/mol.